The molecule has 2 saturated carbocycles. The first-order valence-corrected chi connectivity index (χ1v) is 10.3. The highest BCUT2D eigenvalue weighted by Gasteiger charge is 2.26. The van der Waals surface area contributed by atoms with Crippen molar-refractivity contribution in [2.24, 2.45) is 0 Å². The summed E-state index contributed by atoms with van der Waals surface area (Å²) >= 11 is 14.2. The number of hydrogen-bond acceptors (Lipinski definition) is 4. The third-order valence-corrected chi connectivity index (χ3v) is 6.26. The van der Waals surface area contributed by atoms with Crippen molar-refractivity contribution in [3.8, 4) is 0 Å². The molecule has 1 heterocycles. The predicted octanol–water partition coefficient (Wildman–Crippen LogP) is 5.76. The third kappa shape index (κ3) is 4.27. The van der Waals surface area contributed by atoms with Crippen LogP contribution in [-0.4, -0.2) is 23.2 Å². The molecule has 0 bridgehead atoms. The summed E-state index contributed by atoms with van der Waals surface area (Å²) in [4.78, 5) is 17.1. The number of rotatable bonds is 6. The van der Waals surface area contributed by atoms with E-state index in [1.54, 1.807) is 24.1 Å². The van der Waals surface area contributed by atoms with Gasteiger partial charge in [-0.2, -0.15) is 0 Å². The molecule has 136 valence electrons. The van der Waals surface area contributed by atoms with E-state index in [0.29, 0.717) is 32.5 Å². The van der Waals surface area contributed by atoms with Crippen LogP contribution in [0.2, 0.25) is 10.0 Å². The van der Waals surface area contributed by atoms with E-state index >= 15 is 0 Å². The number of nitrogens with one attached hydrogen (secondary N) is 1. The number of aromatic nitrogens is 1. The zero-order valence-electron chi connectivity index (χ0n) is 14.3. The molecule has 0 unspecified atom stereocenters. The van der Waals surface area contributed by atoms with Crippen molar-refractivity contribution in [3.63, 3.8) is 0 Å². The first-order chi connectivity index (χ1) is 12.5. The van der Waals surface area contributed by atoms with E-state index in [9.17, 15) is 4.79 Å². The SMILES string of the molecule is CN(SC1CC1)c1cc(C(=O)Nc2cc(Cl)cc(C3CC3)c2)c(Cl)cn1. The van der Waals surface area contributed by atoms with E-state index in [2.05, 4.69) is 10.3 Å². The zero-order valence-corrected chi connectivity index (χ0v) is 16.7. The van der Waals surface area contributed by atoms with Crippen molar-refractivity contribution in [2.45, 2.75) is 36.9 Å². The minimum absolute atomic E-state index is 0.257. The molecule has 1 aromatic heterocycles. The molecule has 26 heavy (non-hydrogen) atoms. The average Bonchev–Trinajstić information content (AvgIpc) is 3.48. The third-order valence-electron chi connectivity index (χ3n) is 4.47. The van der Waals surface area contributed by atoms with E-state index in [-0.39, 0.29) is 5.91 Å². The Morgan fingerprint density at radius 2 is 1.96 bits per heavy atom. The lowest BCUT2D eigenvalue weighted by molar-refractivity contribution is 0.102. The van der Waals surface area contributed by atoms with Gasteiger partial charge in [-0.25, -0.2) is 4.98 Å². The Kier molecular flexibility index (Phi) is 5.04. The highest BCUT2D eigenvalue weighted by atomic mass is 35.5. The number of hydrogen-bond donors (Lipinski definition) is 1. The van der Waals surface area contributed by atoms with Crippen LogP contribution in [0.1, 0.15) is 47.5 Å². The lowest BCUT2D eigenvalue weighted by Gasteiger charge is -2.17. The molecule has 0 aliphatic heterocycles. The Morgan fingerprint density at radius 1 is 1.19 bits per heavy atom. The Bertz CT molecular complexity index is 853. The number of amides is 1. The lowest BCUT2D eigenvalue weighted by Crippen LogP contribution is -2.15. The fourth-order valence-corrected chi connectivity index (χ4v) is 4.19. The summed E-state index contributed by atoms with van der Waals surface area (Å²) in [6, 6.07) is 7.46. The number of carbonyl (C=O) groups excluding carboxylic acids is 1. The van der Waals surface area contributed by atoms with Crippen LogP contribution in [0, 0.1) is 0 Å². The molecule has 4 nitrogen and oxygen atoms in total. The standard InChI is InChI=1S/C19H19Cl2N3OS/c1-24(26-15-4-5-15)18-9-16(17(21)10-22-18)19(25)23-14-7-12(11-2-3-11)6-13(20)8-14/h6-11,15H,2-5H2,1H3,(H,23,25). The molecule has 1 aromatic carbocycles. The summed E-state index contributed by atoms with van der Waals surface area (Å²) in [6.07, 6.45) is 6.35. The van der Waals surface area contributed by atoms with Gasteiger partial charge in [-0.05, 0) is 73.4 Å². The number of halogens is 2. The van der Waals surface area contributed by atoms with Crippen molar-refractivity contribution >= 4 is 52.6 Å². The van der Waals surface area contributed by atoms with Gasteiger partial charge < -0.3 is 9.62 Å². The average molecular weight is 408 g/mol. The second-order valence-electron chi connectivity index (χ2n) is 6.83. The van der Waals surface area contributed by atoms with E-state index < -0.39 is 0 Å². The zero-order chi connectivity index (χ0) is 18.3. The maximum atomic E-state index is 12.8. The summed E-state index contributed by atoms with van der Waals surface area (Å²) in [5.74, 6) is 1.03. The number of benzene rings is 1. The molecule has 1 amide bonds. The van der Waals surface area contributed by atoms with E-state index in [1.807, 2.05) is 23.5 Å². The van der Waals surface area contributed by atoms with Gasteiger partial charge in [0.2, 0.25) is 0 Å². The number of carbonyl (C=O) groups is 1. The fraction of sp³-hybridized carbons (Fsp3) is 0.368. The smallest absolute Gasteiger partial charge is 0.257 e. The second-order valence-corrected chi connectivity index (χ2v) is 9.10. The van der Waals surface area contributed by atoms with Crippen molar-refractivity contribution in [2.75, 3.05) is 16.7 Å². The van der Waals surface area contributed by atoms with Crippen molar-refractivity contribution in [1.82, 2.24) is 4.98 Å². The van der Waals surface area contributed by atoms with Gasteiger partial charge in [-0.3, -0.25) is 4.79 Å². The van der Waals surface area contributed by atoms with Gasteiger partial charge in [0, 0.05) is 29.2 Å². The summed E-state index contributed by atoms with van der Waals surface area (Å²) < 4.78 is 2.00. The summed E-state index contributed by atoms with van der Waals surface area (Å²) in [6.45, 7) is 0. The molecular formula is C19H19Cl2N3OS. The van der Waals surface area contributed by atoms with Gasteiger partial charge >= 0.3 is 0 Å². The summed E-state index contributed by atoms with van der Waals surface area (Å²) in [5, 5.41) is 4.54. The van der Waals surface area contributed by atoms with Crippen molar-refractivity contribution in [1.29, 1.82) is 0 Å². The molecule has 2 aromatic rings. The maximum Gasteiger partial charge on any atom is 0.257 e. The Morgan fingerprint density at radius 3 is 2.65 bits per heavy atom. The van der Waals surface area contributed by atoms with Crippen LogP contribution < -0.4 is 9.62 Å². The topological polar surface area (TPSA) is 45.2 Å². The lowest BCUT2D eigenvalue weighted by atomic mass is 10.1. The Balaban J connectivity index is 1.53. The Labute approximate surface area is 167 Å². The molecule has 0 atom stereocenters. The highest BCUT2D eigenvalue weighted by molar-refractivity contribution is 8.01. The van der Waals surface area contributed by atoms with Gasteiger partial charge in [0.1, 0.15) is 5.82 Å². The number of anilines is 2. The molecule has 4 rings (SSSR count). The van der Waals surface area contributed by atoms with E-state index in [0.717, 1.165) is 5.82 Å². The van der Waals surface area contributed by atoms with Crippen molar-refractivity contribution in [3.05, 3.63) is 51.6 Å². The second kappa shape index (κ2) is 7.29. The molecule has 2 fully saturated rings. The molecule has 0 spiro atoms. The van der Waals surface area contributed by atoms with Gasteiger partial charge in [0.05, 0.1) is 10.6 Å². The van der Waals surface area contributed by atoms with Gasteiger partial charge in [-0.1, -0.05) is 23.2 Å². The molecular weight excluding hydrogens is 389 g/mol. The highest BCUT2D eigenvalue weighted by Crippen LogP contribution is 2.42. The van der Waals surface area contributed by atoms with Crippen LogP contribution in [-0.2, 0) is 0 Å². The largest absolute Gasteiger partial charge is 0.322 e. The van der Waals surface area contributed by atoms with E-state index in [4.69, 9.17) is 23.2 Å². The minimum Gasteiger partial charge on any atom is -0.322 e. The monoisotopic (exact) mass is 407 g/mol. The molecule has 7 heteroatoms. The van der Waals surface area contributed by atoms with Crippen LogP contribution >= 0.6 is 35.1 Å². The van der Waals surface area contributed by atoms with Crippen LogP contribution in [0.25, 0.3) is 0 Å². The molecule has 2 aliphatic carbocycles. The first kappa shape index (κ1) is 18.0. The summed E-state index contributed by atoms with van der Waals surface area (Å²) in [7, 11) is 1.96. The van der Waals surface area contributed by atoms with Crippen LogP contribution in [0.3, 0.4) is 0 Å². The van der Waals surface area contributed by atoms with Crippen LogP contribution in [0.5, 0.6) is 0 Å². The molecule has 0 saturated heterocycles. The van der Waals surface area contributed by atoms with Crippen molar-refractivity contribution < 1.29 is 4.79 Å². The molecule has 1 N–H and O–H groups in total. The van der Waals surface area contributed by atoms with Crippen LogP contribution in [0.4, 0.5) is 11.5 Å². The minimum atomic E-state index is -0.257. The first-order valence-electron chi connectivity index (χ1n) is 8.67. The number of pyridine rings is 1. The molecule has 0 radical (unpaired) electrons. The fourth-order valence-electron chi connectivity index (χ4n) is 2.76. The predicted molar refractivity (Wildman–Crippen MR) is 110 cm³/mol. The van der Waals surface area contributed by atoms with Crippen LogP contribution in [0.15, 0.2) is 30.5 Å². The van der Waals surface area contributed by atoms with Gasteiger partial charge in [0.25, 0.3) is 5.91 Å². The van der Waals surface area contributed by atoms with Gasteiger partial charge in [-0.15, -0.1) is 0 Å². The quantitative estimate of drug-likeness (QED) is 0.617. The van der Waals surface area contributed by atoms with Gasteiger partial charge in [0.15, 0.2) is 0 Å². The van der Waals surface area contributed by atoms with E-state index in [1.165, 1.54) is 37.4 Å². The summed E-state index contributed by atoms with van der Waals surface area (Å²) in [5.41, 5.74) is 2.28. The normalized spacial score (nSPS) is 16.4. The maximum absolute atomic E-state index is 12.8. The number of nitrogens with zero attached hydrogens (tertiary/aromatic N) is 2. The Hall–Kier alpha value is -1.43. The molecule has 2 aliphatic rings.